The van der Waals surface area contributed by atoms with Crippen LogP contribution in [0.5, 0.6) is 5.75 Å². The normalized spacial score (nSPS) is 10.3. The molecule has 5 heteroatoms. The number of hydrogen-bond acceptors (Lipinski definition) is 3. The van der Waals surface area contributed by atoms with Crippen molar-refractivity contribution < 1.29 is 13.9 Å². The molecule has 1 amide bonds. The lowest BCUT2D eigenvalue weighted by Gasteiger charge is -2.07. The first-order valence-corrected chi connectivity index (χ1v) is 7.78. The highest BCUT2D eigenvalue weighted by Gasteiger charge is 2.01. The molecule has 0 unspecified atom stereocenters. The lowest BCUT2D eigenvalue weighted by Crippen LogP contribution is -2.25. The Morgan fingerprint density at radius 3 is 2.74 bits per heavy atom. The number of aromatic nitrogens is 1. The molecular weight excluding hydrogens is 295 g/mol. The van der Waals surface area contributed by atoms with Crippen LogP contribution in [-0.2, 0) is 11.2 Å². The smallest absolute Gasteiger partial charge is 0.220 e. The van der Waals surface area contributed by atoms with Crippen molar-refractivity contribution >= 4 is 5.91 Å². The Morgan fingerprint density at radius 2 is 2.00 bits per heavy atom. The summed E-state index contributed by atoms with van der Waals surface area (Å²) in [6.45, 7) is 1.06. The first kappa shape index (κ1) is 16.9. The topological polar surface area (TPSA) is 51.2 Å². The molecule has 0 atom stereocenters. The highest BCUT2D eigenvalue weighted by atomic mass is 19.1. The molecule has 0 aliphatic heterocycles. The molecular formula is C18H21FN2O2. The van der Waals surface area contributed by atoms with Gasteiger partial charge in [0, 0.05) is 25.4 Å². The Labute approximate surface area is 135 Å². The fraction of sp³-hybridized carbons (Fsp3) is 0.333. The molecule has 0 aliphatic carbocycles. The fourth-order valence-corrected chi connectivity index (χ4v) is 2.11. The second-order valence-electron chi connectivity index (χ2n) is 5.22. The van der Waals surface area contributed by atoms with E-state index in [0.29, 0.717) is 31.7 Å². The van der Waals surface area contributed by atoms with Crippen molar-refractivity contribution in [3.05, 3.63) is 60.2 Å². The second-order valence-corrected chi connectivity index (χ2v) is 5.22. The van der Waals surface area contributed by atoms with E-state index in [1.807, 2.05) is 18.3 Å². The van der Waals surface area contributed by atoms with Crippen molar-refractivity contribution in [2.24, 2.45) is 0 Å². The largest absolute Gasteiger partial charge is 0.494 e. The molecule has 0 fully saturated rings. The molecule has 0 aliphatic rings. The van der Waals surface area contributed by atoms with E-state index in [1.165, 1.54) is 12.1 Å². The Bertz CT molecular complexity index is 588. The summed E-state index contributed by atoms with van der Waals surface area (Å²) in [5.74, 6) is 0.403. The summed E-state index contributed by atoms with van der Waals surface area (Å²) in [6.07, 6.45) is 6.45. The molecule has 2 aromatic rings. The van der Waals surface area contributed by atoms with Crippen molar-refractivity contribution in [1.29, 1.82) is 0 Å². The predicted octanol–water partition coefficient (Wildman–Crippen LogP) is 3.13. The summed E-state index contributed by atoms with van der Waals surface area (Å²) >= 11 is 0. The molecule has 1 aromatic carbocycles. The Hall–Kier alpha value is -2.43. The minimum absolute atomic E-state index is 0.0515. The standard InChI is InChI=1S/C18H21FN2O2/c19-16-7-9-17(10-8-16)23-13-3-12-21-18(22)6-1-4-15-5-2-11-20-14-15/h2,5,7-11,14H,1,3-4,6,12-13H2,(H,21,22). The first-order chi connectivity index (χ1) is 11.2. The van der Waals surface area contributed by atoms with Gasteiger partial charge in [0.2, 0.25) is 5.91 Å². The number of hydrogen-bond donors (Lipinski definition) is 1. The summed E-state index contributed by atoms with van der Waals surface area (Å²) in [5.41, 5.74) is 1.15. The van der Waals surface area contributed by atoms with E-state index in [9.17, 15) is 9.18 Å². The van der Waals surface area contributed by atoms with Crippen LogP contribution in [0.4, 0.5) is 4.39 Å². The minimum Gasteiger partial charge on any atom is -0.494 e. The van der Waals surface area contributed by atoms with Crippen LogP contribution in [0.25, 0.3) is 0 Å². The van der Waals surface area contributed by atoms with E-state index >= 15 is 0 Å². The molecule has 1 heterocycles. The summed E-state index contributed by atoms with van der Waals surface area (Å²) < 4.78 is 18.2. The molecule has 1 aromatic heterocycles. The maximum atomic E-state index is 12.7. The van der Waals surface area contributed by atoms with Gasteiger partial charge in [-0.3, -0.25) is 9.78 Å². The number of amides is 1. The number of carbonyl (C=O) groups excluding carboxylic acids is 1. The Morgan fingerprint density at radius 1 is 1.17 bits per heavy atom. The van der Waals surface area contributed by atoms with E-state index in [-0.39, 0.29) is 11.7 Å². The molecule has 1 N–H and O–H groups in total. The SMILES string of the molecule is O=C(CCCc1cccnc1)NCCCOc1ccc(F)cc1. The van der Waals surface area contributed by atoms with Crippen molar-refractivity contribution in [3.8, 4) is 5.75 Å². The van der Waals surface area contributed by atoms with E-state index in [1.54, 1.807) is 18.3 Å². The number of aryl methyl sites for hydroxylation is 1. The number of nitrogens with one attached hydrogen (secondary N) is 1. The van der Waals surface area contributed by atoms with E-state index in [2.05, 4.69) is 10.3 Å². The van der Waals surface area contributed by atoms with Crippen LogP contribution in [0.2, 0.25) is 0 Å². The molecule has 0 radical (unpaired) electrons. The van der Waals surface area contributed by atoms with Crippen LogP contribution < -0.4 is 10.1 Å². The van der Waals surface area contributed by atoms with Gasteiger partial charge in [-0.1, -0.05) is 6.07 Å². The zero-order valence-corrected chi connectivity index (χ0v) is 13.0. The quantitative estimate of drug-likeness (QED) is 0.723. The summed E-state index contributed by atoms with van der Waals surface area (Å²) in [7, 11) is 0. The van der Waals surface area contributed by atoms with E-state index in [0.717, 1.165) is 18.4 Å². The lowest BCUT2D eigenvalue weighted by atomic mass is 10.1. The van der Waals surface area contributed by atoms with Crippen molar-refractivity contribution in [2.45, 2.75) is 25.7 Å². The Kier molecular flexibility index (Phi) is 7.04. The highest BCUT2D eigenvalue weighted by Crippen LogP contribution is 2.11. The summed E-state index contributed by atoms with van der Waals surface area (Å²) in [6, 6.07) is 9.81. The lowest BCUT2D eigenvalue weighted by molar-refractivity contribution is -0.121. The molecule has 4 nitrogen and oxygen atoms in total. The van der Waals surface area contributed by atoms with Gasteiger partial charge in [-0.15, -0.1) is 0 Å². The molecule has 2 rings (SSSR count). The maximum absolute atomic E-state index is 12.7. The van der Waals surface area contributed by atoms with Gasteiger partial charge in [0.25, 0.3) is 0 Å². The first-order valence-electron chi connectivity index (χ1n) is 7.78. The summed E-state index contributed by atoms with van der Waals surface area (Å²) in [4.78, 5) is 15.7. The van der Waals surface area contributed by atoms with Gasteiger partial charge in [-0.2, -0.15) is 0 Å². The molecule has 23 heavy (non-hydrogen) atoms. The monoisotopic (exact) mass is 316 g/mol. The van der Waals surface area contributed by atoms with Gasteiger partial charge < -0.3 is 10.1 Å². The van der Waals surface area contributed by atoms with Crippen molar-refractivity contribution in [3.63, 3.8) is 0 Å². The number of halogens is 1. The third-order valence-corrected chi connectivity index (χ3v) is 3.32. The number of ether oxygens (including phenoxy) is 1. The van der Waals surface area contributed by atoms with Gasteiger partial charge in [0.15, 0.2) is 0 Å². The van der Waals surface area contributed by atoms with Crippen LogP contribution in [0.3, 0.4) is 0 Å². The molecule has 0 bridgehead atoms. The number of pyridine rings is 1. The fourth-order valence-electron chi connectivity index (χ4n) is 2.11. The van der Waals surface area contributed by atoms with E-state index < -0.39 is 0 Å². The molecule has 0 spiro atoms. The Balaban J connectivity index is 1.50. The number of carbonyl (C=O) groups is 1. The second kappa shape index (κ2) is 9.56. The van der Waals surface area contributed by atoms with Crippen LogP contribution >= 0.6 is 0 Å². The maximum Gasteiger partial charge on any atom is 0.220 e. The van der Waals surface area contributed by atoms with Crippen molar-refractivity contribution in [1.82, 2.24) is 10.3 Å². The van der Waals surface area contributed by atoms with E-state index in [4.69, 9.17) is 4.74 Å². The van der Waals surface area contributed by atoms with Crippen LogP contribution in [0.15, 0.2) is 48.8 Å². The molecule has 0 saturated heterocycles. The third-order valence-electron chi connectivity index (χ3n) is 3.32. The van der Waals surface area contributed by atoms with Crippen LogP contribution in [-0.4, -0.2) is 24.0 Å². The number of rotatable bonds is 9. The van der Waals surface area contributed by atoms with Crippen LogP contribution in [0, 0.1) is 5.82 Å². The van der Waals surface area contributed by atoms with Gasteiger partial charge >= 0.3 is 0 Å². The number of nitrogens with zero attached hydrogens (tertiary/aromatic N) is 1. The van der Waals surface area contributed by atoms with Gasteiger partial charge in [0.05, 0.1) is 6.61 Å². The molecule has 122 valence electrons. The van der Waals surface area contributed by atoms with Gasteiger partial charge in [-0.05, 0) is 55.2 Å². The minimum atomic E-state index is -0.282. The molecule has 0 saturated carbocycles. The zero-order chi connectivity index (χ0) is 16.3. The highest BCUT2D eigenvalue weighted by molar-refractivity contribution is 5.75. The van der Waals surface area contributed by atoms with Crippen LogP contribution in [0.1, 0.15) is 24.8 Å². The third kappa shape index (κ3) is 6.91. The predicted molar refractivity (Wildman–Crippen MR) is 86.7 cm³/mol. The average molecular weight is 316 g/mol. The van der Waals surface area contributed by atoms with Gasteiger partial charge in [0.1, 0.15) is 11.6 Å². The number of benzene rings is 1. The van der Waals surface area contributed by atoms with Crippen molar-refractivity contribution in [2.75, 3.05) is 13.2 Å². The summed E-state index contributed by atoms with van der Waals surface area (Å²) in [5, 5.41) is 2.87. The average Bonchev–Trinajstić information content (AvgIpc) is 2.57. The van der Waals surface area contributed by atoms with Gasteiger partial charge in [-0.25, -0.2) is 4.39 Å². The zero-order valence-electron chi connectivity index (χ0n) is 13.0.